The second-order valence-electron chi connectivity index (χ2n) is 2.92. The smallest absolute Gasteiger partial charge is 0.216 e. The predicted molar refractivity (Wildman–Crippen MR) is 55.8 cm³/mol. The van der Waals surface area contributed by atoms with Gasteiger partial charge in [0.15, 0.2) is 0 Å². The molecule has 0 spiro atoms. The van der Waals surface area contributed by atoms with Crippen LogP contribution in [0, 0.1) is 0 Å². The number of carbonyl (C=O) groups excluding carboxylic acids is 1. The first-order chi connectivity index (χ1) is 6.68. The Morgan fingerprint density at radius 1 is 1.50 bits per heavy atom. The van der Waals surface area contributed by atoms with Crippen molar-refractivity contribution in [3.8, 4) is 0 Å². The van der Waals surface area contributed by atoms with E-state index < -0.39 is 0 Å². The van der Waals surface area contributed by atoms with Gasteiger partial charge in [-0.3, -0.25) is 9.78 Å². The highest BCUT2D eigenvalue weighted by Gasteiger charge is 1.93. The third-order valence-electron chi connectivity index (χ3n) is 1.59. The van der Waals surface area contributed by atoms with Crippen LogP contribution in [0.2, 0.25) is 0 Å². The number of nitrogens with zero attached hydrogens (tertiary/aromatic N) is 1. The number of anilines is 2. The molecule has 1 aromatic heterocycles. The van der Waals surface area contributed by atoms with Crippen LogP contribution in [0.3, 0.4) is 0 Å². The summed E-state index contributed by atoms with van der Waals surface area (Å²) in [7, 11) is 0. The molecular formula is C9H14N4O. The third kappa shape index (κ3) is 3.75. The molecule has 1 rings (SSSR count). The van der Waals surface area contributed by atoms with E-state index in [9.17, 15) is 4.79 Å². The predicted octanol–water partition coefficient (Wildman–Crippen LogP) is 0.212. The number of carbonyl (C=O) groups is 1. The highest BCUT2D eigenvalue weighted by molar-refractivity contribution is 5.72. The van der Waals surface area contributed by atoms with E-state index >= 15 is 0 Å². The fraction of sp³-hybridized carbons (Fsp3) is 0.333. The Kier molecular flexibility index (Phi) is 3.72. The summed E-state index contributed by atoms with van der Waals surface area (Å²) in [6, 6.07) is 1.79. The lowest BCUT2D eigenvalue weighted by molar-refractivity contribution is -0.118. The van der Waals surface area contributed by atoms with Crippen LogP contribution in [0.15, 0.2) is 18.5 Å². The van der Waals surface area contributed by atoms with Crippen LogP contribution in [0.4, 0.5) is 11.4 Å². The molecule has 0 aliphatic carbocycles. The van der Waals surface area contributed by atoms with Crippen LogP contribution in [-0.2, 0) is 4.79 Å². The van der Waals surface area contributed by atoms with Crippen molar-refractivity contribution >= 4 is 17.3 Å². The van der Waals surface area contributed by atoms with Gasteiger partial charge in [-0.1, -0.05) is 0 Å². The first kappa shape index (κ1) is 10.3. The van der Waals surface area contributed by atoms with E-state index in [-0.39, 0.29) is 5.91 Å². The van der Waals surface area contributed by atoms with Gasteiger partial charge in [-0.15, -0.1) is 0 Å². The van der Waals surface area contributed by atoms with Crippen LogP contribution in [-0.4, -0.2) is 24.0 Å². The van der Waals surface area contributed by atoms with Crippen LogP contribution < -0.4 is 16.4 Å². The number of aromatic nitrogens is 1. The summed E-state index contributed by atoms with van der Waals surface area (Å²) in [6.45, 7) is 2.73. The third-order valence-corrected chi connectivity index (χ3v) is 1.59. The number of hydrogen-bond donors (Lipinski definition) is 3. The van der Waals surface area contributed by atoms with Gasteiger partial charge in [-0.05, 0) is 6.07 Å². The van der Waals surface area contributed by atoms with E-state index in [4.69, 9.17) is 5.73 Å². The molecule has 0 aromatic carbocycles. The van der Waals surface area contributed by atoms with Crippen LogP contribution in [0.25, 0.3) is 0 Å². The van der Waals surface area contributed by atoms with Gasteiger partial charge in [0.05, 0.1) is 17.6 Å². The average Bonchev–Trinajstić information content (AvgIpc) is 2.12. The Hall–Kier alpha value is -1.78. The molecule has 0 aliphatic heterocycles. The summed E-state index contributed by atoms with van der Waals surface area (Å²) in [5.41, 5.74) is 7.02. The summed E-state index contributed by atoms with van der Waals surface area (Å²) >= 11 is 0. The quantitative estimate of drug-likeness (QED) is 0.599. The van der Waals surface area contributed by atoms with Gasteiger partial charge in [0, 0.05) is 26.2 Å². The summed E-state index contributed by atoms with van der Waals surface area (Å²) in [4.78, 5) is 14.5. The maximum absolute atomic E-state index is 10.5. The van der Waals surface area contributed by atoms with Crippen molar-refractivity contribution in [1.82, 2.24) is 10.3 Å². The first-order valence-electron chi connectivity index (χ1n) is 4.37. The standard InChI is InChI=1S/C9H14N4O/c1-7(14)12-2-3-13-9-4-8(10)5-11-6-9/h4-6,13H,2-3,10H2,1H3,(H,12,14). The molecule has 4 N–H and O–H groups in total. The maximum atomic E-state index is 10.5. The first-order valence-corrected chi connectivity index (χ1v) is 4.37. The summed E-state index contributed by atoms with van der Waals surface area (Å²) in [6.07, 6.45) is 3.27. The molecule has 0 unspecified atom stereocenters. The molecule has 5 nitrogen and oxygen atoms in total. The van der Waals surface area contributed by atoms with E-state index in [1.807, 2.05) is 0 Å². The molecule has 1 heterocycles. The molecule has 0 bridgehead atoms. The van der Waals surface area contributed by atoms with Gasteiger partial charge in [0.1, 0.15) is 0 Å². The molecule has 5 heteroatoms. The zero-order valence-electron chi connectivity index (χ0n) is 8.08. The van der Waals surface area contributed by atoms with E-state index in [1.165, 1.54) is 6.92 Å². The maximum Gasteiger partial charge on any atom is 0.216 e. The number of nitrogens with two attached hydrogens (primary N) is 1. The lowest BCUT2D eigenvalue weighted by atomic mass is 10.4. The number of pyridine rings is 1. The fourth-order valence-corrected chi connectivity index (χ4v) is 1.000. The lowest BCUT2D eigenvalue weighted by Crippen LogP contribution is -2.26. The minimum atomic E-state index is -0.0301. The minimum absolute atomic E-state index is 0.0301. The van der Waals surface area contributed by atoms with Crippen LogP contribution in [0.1, 0.15) is 6.92 Å². The Labute approximate surface area is 82.7 Å². The second-order valence-corrected chi connectivity index (χ2v) is 2.92. The Morgan fingerprint density at radius 3 is 2.93 bits per heavy atom. The van der Waals surface area contributed by atoms with Crippen LogP contribution in [0.5, 0.6) is 0 Å². The molecule has 0 aliphatic rings. The summed E-state index contributed by atoms with van der Waals surface area (Å²) < 4.78 is 0. The zero-order valence-corrected chi connectivity index (χ0v) is 8.08. The van der Waals surface area contributed by atoms with Crippen molar-refractivity contribution in [3.63, 3.8) is 0 Å². The topological polar surface area (TPSA) is 80.0 Å². The van der Waals surface area contributed by atoms with E-state index in [1.54, 1.807) is 18.5 Å². The lowest BCUT2D eigenvalue weighted by Gasteiger charge is -2.06. The van der Waals surface area contributed by atoms with Gasteiger partial charge in [0.2, 0.25) is 5.91 Å². The molecule has 0 saturated carbocycles. The molecular weight excluding hydrogens is 180 g/mol. The second kappa shape index (κ2) is 5.06. The summed E-state index contributed by atoms with van der Waals surface area (Å²) in [5.74, 6) is -0.0301. The molecule has 0 saturated heterocycles. The molecule has 1 amide bonds. The van der Waals surface area contributed by atoms with Crippen molar-refractivity contribution in [2.45, 2.75) is 6.92 Å². The van der Waals surface area contributed by atoms with Crippen molar-refractivity contribution in [1.29, 1.82) is 0 Å². The number of nitrogens with one attached hydrogen (secondary N) is 2. The minimum Gasteiger partial charge on any atom is -0.397 e. The van der Waals surface area contributed by atoms with E-state index in [0.29, 0.717) is 18.8 Å². The molecule has 0 radical (unpaired) electrons. The Morgan fingerprint density at radius 2 is 2.29 bits per heavy atom. The molecule has 0 fully saturated rings. The van der Waals surface area contributed by atoms with Crippen LogP contribution >= 0.6 is 0 Å². The van der Waals surface area contributed by atoms with E-state index in [2.05, 4.69) is 15.6 Å². The largest absolute Gasteiger partial charge is 0.397 e. The SMILES string of the molecule is CC(=O)NCCNc1cncc(N)c1. The zero-order chi connectivity index (χ0) is 10.4. The fourth-order valence-electron chi connectivity index (χ4n) is 1.000. The van der Waals surface area contributed by atoms with Gasteiger partial charge in [-0.2, -0.15) is 0 Å². The number of amides is 1. The molecule has 76 valence electrons. The van der Waals surface area contributed by atoms with E-state index in [0.717, 1.165) is 5.69 Å². The van der Waals surface area contributed by atoms with Crippen molar-refractivity contribution in [2.24, 2.45) is 0 Å². The number of rotatable bonds is 4. The highest BCUT2D eigenvalue weighted by Crippen LogP contribution is 2.08. The van der Waals surface area contributed by atoms with Gasteiger partial charge in [0.25, 0.3) is 0 Å². The van der Waals surface area contributed by atoms with Gasteiger partial charge in [-0.25, -0.2) is 0 Å². The summed E-state index contributed by atoms with van der Waals surface area (Å²) in [5, 5.41) is 5.76. The van der Waals surface area contributed by atoms with Crippen molar-refractivity contribution < 1.29 is 4.79 Å². The highest BCUT2D eigenvalue weighted by atomic mass is 16.1. The molecule has 1 aromatic rings. The Bertz CT molecular complexity index is 313. The Balaban J connectivity index is 2.28. The number of nitrogen functional groups attached to an aromatic ring is 1. The van der Waals surface area contributed by atoms with Gasteiger partial charge < -0.3 is 16.4 Å². The number of hydrogen-bond acceptors (Lipinski definition) is 4. The molecule has 0 atom stereocenters. The average molecular weight is 194 g/mol. The monoisotopic (exact) mass is 194 g/mol. The molecule has 14 heavy (non-hydrogen) atoms. The van der Waals surface area contributed by atoms with Gasteiger partial charge >= 0.3 is 0 Å². The normalized spacial score (nSPS) is 9.50. The van der Waals surface area contributed by atoms with Crippen molar-refractivity contribution in [2.75, 3.05) is 24.1 Å². The van der Waals surface area contributed by atoms with Crippen molar-refractivity contribution in [3.05, 3.63) is 18.5 Å².